The monoisotopic (exact) mass is 809 g/mol. The molecule has 2 fully saturated rings. The summed E-state index contributed by atoms with van der Waals surface area (Å²) < 4.78 is 33.9. The second-order valence-electron chi connectivity index (χ2n) is 15.9. The van der Waals surface area contributed by atoms with E-state index >= 15 is 0 Å². The van der Waals surface area contributed by atoms with E-state index in [1.54, 1.807) is 0 Å². The van der Waals surface area contributed by atoms with Crippen LogP contribution in [-0.4, -0.2) is 142 Å². The van der Waals surface area contributed by atoms with Gasteiger partial charge in [-0.05, 0) is 12.8 Å². The third-order valence-electron chi connectivity index (χ3n) is 10.9. The van der Waals surface area contributed by atoms with Crippen LogP contribution >= 0.6 is 0 Å². The van der Waals surface area contributed by atoms with Gasteiger partial charge in [0.05, 0.1) is 26.4 Å². The van der Waals surface area contributed by atoms with Crippen LogP contribution in [0.2, 0.25) is 0 Å². The van der Waals surface area contributed by atoms with Gasteiger partial charge >= 0.3 is 5.97 Å². The molecule has 332 valence electrons. The number of hydrogen-bond acceptors (Lipinski definition) is 14. The van der Waals surface area contributed by atoms with Gasteiger partial charge in [0.15, 0.2) is 12.6 Å². The quantitative estimate of drug-likeness (QED) is 0.0351. The minimum atomic E-state index is -1.70. The van der Waals surface area contributed by atoms with Crippen molar-refractivity contribution < 1.29 is 69.0 Å². The van der Waals surface area contributed by atoms with Crippen LogP contribution in [0, 0.1) is 0 Å². The van der Waals surface area contributed by atoms with Gasteiger partial charge in [0.1, 0.15) is 54.9 Å². The maximum atomic E-state index is 12.7. The molecule has 56 heavy (non-hydrogen) atoms. The van der Waals surface area contributed by atoms with Gasteiger partial charge < -0.3 is 64.2 Å². The summed E-state index contributed by atoms with van der Waals surface area (Å²) in [7, 11) is 0. The highest BCUT2D eigenvalue weighted by Gasteiger charge is 2.47. The lowest BCUT2D eigenvalue weighted by molar-refractivity contribution is -0.332. The maximum absolute atomic E-state index is 12.7. The van der Waals surface area contributed by atoms with Crippen molar-refractivity contribution in [2.75, 3.05) is 33.0 Å². The van der Waals surface area contributed by atoms with Crippen molar-refractivity contribution in [1.29, 1.82) is 0 Å². The molecule has 11 atom stereocenters. The topological polar surface area (TPSA) is 214 Å². The molecule has 2 saturated heterocycles. The van der Waals surface area contributed by atoms with Gasteiger partial charge in [-0.2, -0.15) is 0 Å². The zero-order valence-corrected chi connectivity index (χ0v) is 34.6. The van der Waals surface area contributed by atoms with E-state index in [1.165, 1.54) is 89.9 Å². The molecule has 7 N–H and O–H groups in total. The molecule has 0 aromatic carbocycles. The Balaban J connectivity index is 1.73. The van der Waals surface area contributed by atoms with E-state index in [0.717, 1.165) is 44.9 Å². The van der Waals surface area contributed by atoms with E-state index in [-0.39, 0.29) is 25.6 Å². The van der Waals surface area contributed by atoms with E-state index in [1.807, 2.05) is 0 Å². The van der Waals surface area contributed by atoms with Crippen LogP contribution < -0.4 is 0 Å². The molecule has 0 amide bonds. The minimum absolute atomic E-state index is 0.0675. The molecule has 14 heteroatoms. The first kappa shape index (κ1) is 51.1. The highest BCUT2D eigenvalue weighted by Crippen LogP contribution is 2.26. The van der Waals surface area contributed by atoms with Gasteiger partial charge in [0, 0.05) is 13.0 Å². The average molecular weight is 809 g/mol. The highest BCUT2D eigenvalue weighted by atomic mass is 16.7. The molecular formula is C42H80O14. The van der Waals surface area contributed by atoms with Crippen LogP contribution in [0.15, 0.2) is 0 Å². The second kappa shape index (κ2) is 31.9. The van der Waals surface area contributed by atoms with Crippen molar-refractivity contribution in [2.24, 2.45) is 0 Å². The summed E-state index contributed by atoms with van der Waals surface area (Å²) in [5, 5.41) is 71.6. The molecule has 14 nitrogen and oxygen atoms in total. The number of carbonyl (C=O) groups is 1. The fraction of sp³-hybridized carbons (Fsp3) is 0.976. The van der Waals surface area contributed by atoms with Crippen LogP contribution in [-0.2, 0) is 33.2 Å². The molecule has 0 radical (unpaired) electrons. The lowest BCUT2D eigenvalue weighted by Gasteiger charge is -2.42. The Morgan fingerprint density at radius 2 is 0.946 bits per heavy atom. The standard InChI is InChI=1S/C42H80O14/c1-3-5-7-9-10-11-12-13-14-15-16-17-18-19-20-22-24-26-51-28-31(54-34(44)25-23-21-8-6-4-2)29-52-41-40(50)38(48)36(46)33(56-41)30-53-42-39(49)37(47)35(45)32(27-43)55-42/h31-33,35-43,45-50H,3-30H2,1-2H3. The number of aliphatic hydroxyl groups is 7. The number of esters is 1. The highest BCUT2D eigenvalue weighted by molar-refractivity contribution is 5.69. The molecule has 2 rings (SSSR count). The summed E-state index contributed by atoms with van der Waals surface area (Å²) in [5.41, 5.74) is 0. The Kier molecular flexibility index (Phi) is 29.1. The molecule has 11 unspecified atom stereocenters. The van der Waals surface area contributed by atoms with Crippen LogP contribution in [0.4, 0.5) is 0 Å². The van der Waals surface area contributed by atoms with Crippen molar-refractivity contribution in [2.45, 2.75) is 229 Å². The summed E-state index contributed by atoms with van der Waals surface area (Å²) in [6.45, 7) is 3.60. The first-order valence-electron chi connectivity index (χ1n) is 22.1. The summed E-state index contributed by atoms with van der Waals surface area (Å²) >= 11 is 0. The lowest BCUT2D eigenvalue weighted by Crippen LogP contribution is -2.61. The normalized spacial score (nSPS) is 28.7. The average Bonchev–Trinajstić information content (AvgIpc) is 3.19. The van der Waals surface area contributed by atoms with Crippen LogP contribution in [0.5, 0.6) is 0 Å². The summed E-state index contributed by atoms with van der Waals surface area (Å²) in [6.07, 6.45) is 10.9. The van der Waals surface area contributed by atoms with E-state index in [2.05, 4.69) is 13.8 Å². The van der Waals surface area contributed by atoms with Gasteiger partial charge in [0.25, 0.3) is 0 Å². The lowest BCUT2D eigenvalue weighted by atomic mass is 9.98. The first-order chi connectivity index (χ1) is 27.1. The Hall–Kier alpha value is -1.01. The number of ether oxygens (including phenoxy) is 6. The molecule has 0 aromatic rings. The largest absolute Gasteiger partial charge is 0.457 e. The molecule has 2 aliphatic heterocycles. The maximum Gasteiger partial charge on any atom is 0.306 e. The van der Waals surface area contributed by atoms with Gasteiger partial charge in [-0.1, -0.05) is 142 Å². The predicted molar refractivity (Wildman–Crippen MR) is 211 cm³/mol. The number of carbonyl (C=O) groups excluding carboxylic acids is 1. The summed E-state index contributed by atoms with van der Waals surface area (Å²) in [4.78, 5) is 12.7. The van der Waals surface area contributed by atoms with Gasteiger partial charge in [-0.25, -0.2) is 0 Å². The molecule has 0 spiro atoms. The number of rotatable bonds is 34. The van der Waals surface area contributed by atoms with E-state index in [4.69, 9.17) is 28.4 Å². The van der Waals surface area contributed by atoms with E-state index < -0.39 is 80.7 Å². The summed E-state index contributed by atoms with van der Waals surface area (Å²) in [5.74, 6) is -0.386. The molecular weight excluding hydrogens is 728 g/mol. The second-order valence-corrected chi connectivity index (χ2v) is 15.9. The molecule has 0 aromatic heterocycles. The minimum Gasteiger partial charge on any atom is -0.457 e. The first-order valence-corrected chi connectivity index (χ1v) is 22.1. The third-order valence-corrected chi connectivity index (χ3v) is 10.9. The Morgan fingerprint density at radius 3 is 1.45 bits per heavy atom. The third kappa shape index (κ3) is 20.8. The zero-order valence-electron chi connectivity index (χ0n) is 34.6. The Bertz CT molecular complexity index is 943. The van der Waals surface area contributed by atoms with Crippen molar-refractivity contribution in [3.8, 4) is 0 Å². The zero-order chi connectivity index (χ0) is 41.0. The molecule has 2 heterocycles. The van der Waals surface area contributed by atoms with Crippen LogP contribution in [0.25, 0.3) is 0 Å². The van der Waals surface area contributed by atoms with Crippen molar-refractivity contribution >= 4 is 5.97 Å². The molecule has 2 aliphatic rings. The molecule has 0 bridgehead atoms. The SMILES string of the molecule is CCCCCCCCCCCCCCCCCCCOCC(COC1OC(COC2OC(CO)C(O)C(O)C2O)C(O)C(O)C1O)OC(=O)CCCCCCC. The number of hydrogen-bond donors (Lipinski definition) is 7. The van der Waals surface area contributed by atoms with Gasteiger partial charge in [-0.15, -0.1) is 0 Å². The van der Waals surface area contributed by atoms with Crippen LogP contribution in [0.3, 0.4) is 0 Å². The smallest absolute Gasteiger partial charge is 0.306 e. The van der Waals surface area contributed by atoms with E-state index in [9.17, 15) is 40.5 Å². The molecule has 0 saturated carbocycles. The van der Waals surface area contributed by atoms with Gasteiger partial charge in [0.2, 0.25) is 0 Å². The fourth-order valence-electron chi connectivity index (χ4n) is 7.17. The number of unbranched alkanes of at least 4 members (excludes halogenated alkanes) is 20. The summed E-state index contributed by atoms with van der Waals surface area (Å²) in [6, 6.07) is 0. The molecule has 0 aliphatic carbocycles. The Morgan fingerprint density at radius 1 is 0.518 bits per heavy atom. The number of aliphatic hydroxyl groups excluding tert-OH is 7. The Labute approximate surface area is 336 Å². The van der Waals surface area contributed by atoms with Gasteiger partial charge in [-0.3, -0.25) is 4.79 Å². The van der Waals surface area contributed by atoms with Crippen molar-refractivity contribution in [1.82, 2.24) is 0 Å². The fourth-order valence-corrected chi connectivity index (χ4v) is 7.17. The van der Waals surface area contributed by atoms with Crippen molar-refractivity contribution in [3.63, 3.8) is 0 Å². The van der Waals surface area contributed by atoms with Crippen molar-refractivity contribution in [3.05, 3.63) is 0 Å². The predicted octanol–water partition coefficient (Wildman–Crippen LogP) is 4.57. The van der Waals surface area contributed by atoms with E-state index in [0.29, 0.717) is 13.0 Å². The van der Waals surface area contributed by atoms with Crippen LogP contribution in [0.1, 0.15) is 162 Å².